The van der Waals surface area contributed by atoms with Crippen molar-refractivity contribution < 1.29 is 0 Å². The van der Waals surface area contributed by atoms with Crippen LogP contribution in [-0.4, -0.2) is 0 Å². The molecule has 0 aliphatic rings. The molecule has 27 heavy (non-hydrogen) atoms. The second kappa shape index (κ2) is 9.93. The van der Waals surface area contributed by atoms with E-state index in [-0.39, 0.29) is 0 Å². The number of hydrogen-bond donors (Lipinski definition) is 0. The molecule has 0 aromatic heterocycles. The zero-order chi connectivity index (χ0) is 20.0. The van der Waals surface area contributed by atoms with Crippen LogP contribution in [0.4, 0.5) is 0 Å². The Kier molecular flexibility index (Phi) is 7.90. The van der Waals surface area contributed by atoms with Crippen molar-refractivity contribution in [3.05, 3.63) is 96.1 Å². The highest BCUT2D eigenvalue weighted by Gasteiger charge is 2.08. The van der Waals surface area contributed by atoms with Gasteiger partial charge < -0.3 is 0 Å². The van der Waals surface area contributed by atoms with Crippen LogP contribution in [0.25, 0.3) is 10.5 Å². The van der Waals surface area contributed by atoms with E-state index in [0.717, 1.165) is 4.91 Å². The lowest BCUT2D eigenvalue weighted by Gasteiger charge is -2.13. The molecule has 0 heterocycles. The van der Waals surface area contributed by atoms with Gasteiger partial charge in [0.2, 0.25) is 0 Å². The van der Waals surface area contributed by atoms with Gasteiger partial charge >= 0.3 is 0 Å². The van der Waals surface area contributed by atoms with E-state index < -0.39 is 0 Å². The van der Waals surface area contributed by atoms with Crippen LogP contribution < -0.4 is 5.30 Å². The Hall–Kier alpha value is -1.82. The first-order valence-corrected chi connectivity index (χ1v) is 10.6. The van der Waals surface area contributed by atoms with Crippen LogP contribution in [0, 0.1) is 0 Å². The summed E-state index contributed by atoms with van der Waals surface area (Å²) in [7, 11) is 2.86. The molecule has 140 valence electrons. The van der Waals surface area contributed by atoms with E-state index in [1.165, 1.54) is 38.0 Å². The average molecular weight is 393 g/mol. The van der Waals surface area contributed by atoms with Crippen molar-refractivity contribution in [3.8, 4) is 0 Å². The number of benzene rings is 2. The van der Waals surface area contributed by atoms with Gasteiger partial charge in [-0.15, -0.1) is 9.24 Å². The first-order chi connectivity index (χ1) is 12.8. The lowest BCUT2D eigenvalue weighted by atomic mass is 10.0. The summed E-state index contributed by atoms with van der Waals surface area (Å²) >= 11 is 1.72. The molecule has 2 rings (SSSR count). The number of rotatable bonds is 7. The van der Waals surface area contributed by atoms with Gasteiger partial charge in [0.1, 0.15) is 0 Å². The Morgan fingerprint density at radius 1 is 1.07 bits per heavy atom. The molecule has 0 fully saturated rings. The minimum atomic E-state index is 0.555. The van der Waals surface area contributed by atoms with Gasteiger partial charge in [-0.1, -0.05) is 81.3 Å². The van der Waals surface area contributed by atoms with Gasteiger partial charge in [-0.05, 0) is 71.1 Å². The van der Waals surface area contributed by atoms with Crippen LogP contribution >= 0.6 is 21.0 Å². The Bertz CT molecular complexity index is 883. The summed E-state index contributed by atoms with van der Waals surface area (Å²) in [6, 6.07) is 15.3. The zero-order valence-corrected chi connectivity index (χ0v) is 18.7. The van der Waals surface area contributed by atoms with Gasteiger partial charge in [0.15, 0.2) is 0 Å². The zero-order valence-electron chi connectivity index (χ0n) is 16.8. The fourth-order valence-corrected chi connectivity index (χ4v) is 4.14. The molecule has 0 nitrogen and oxygen atoms in total. The first kappa shape index (κ1) is 21.5. The predicted molar refractivity (Wildman–Crippen MR) is 129 cm³/mol. The molecule has 0 amide bonds. The maximum atomic E-state index is 4.30. The summed E-state index contributed by atoms with van der Waals surface area (Å²) < 4.78 is 0. The van der Waals surface area contributed by atoms with E-state index in [9.17, 15) is 0 Å². The predicted octanol–water partition coefficient (Wildman–Crippen LogP) is 7.61. The van der Waals surface area contributed by atoms with Crippen LogP contribution in [0.3, 0.4) is 0 Å². The lowest BCUT2D eigenvalue weighted by Crippen LogP contribution is -2.01. The smallest absolute Gasteiger partial charge is 0.0129 e. The van der Waals surface area contributed by atoms with Crippen LogP contribution in [0.15, 0.2) is 84.3 Å². The molecular weight excluding hydrogens is 363 g/mol. The molecule has 0 bridgehead atoms. The molecule has 0 aliphatic heterocycles. The third-order valence-corrected chi connectivity index (χ3v) is 6.10. The summed E-state index contributed by atoms with van der Waals surface area (Å²) in [6.07, 6.45) is 5.86. The fraction of sp³-hybridized carbons (Fsp3) is 0.200. The quantitative estimate of drug-likeness (QED) is 0.265. The molecular formula is C25H29PS. The largest absolute Gasteiger partial charge is 0.105 e. The van der Waals surface area contributed by atoms with Crippen LogP contribution in [0.1, 0.15) is 50.3 Å². The van der Waals surface area contributed by atoms with E-state index in [0.29, 0.717) is 5.92 Å². The number of thioether (sulfide) groups is 1. The van der Waals surface area contributed by atoms with Gasteiger partial charge in [0, 0.05) is 9.80 Å². The van der Waals surface area contributed by atoms with Gasteiger partial charge in [-0.3, -0.25) is 0 Å². The van der Waals surface area contributed by atoms with E-state index in [1.807, 2.05) is 6.08 Å². The lowest BCUT2D eigenvalue weighted by molar-refractivity contribution is 0.865. The van der Waals surface area contributed by atoms with Crippen molar-refractivity contribution in [2.75, 3.05) is 0 Å². The molecule has 0 radical (unpaired) electrons. The summed E-state index contributed by atoms with van der Waals surface area (Å²) in [5.41, 5.74) is 6.28. The van der Waals surface area contributed by atoms with Crippen molar-refractivity contribution in [1.29, 1.82) is 0 Å². The molecule has 0 saturated carbocycles. The van der Waals surface area contributed by atoms with E-state index >= 15 is 0 Å². The van der Waals surface area contributed by atoms with Crippen LogP contribution in [0.5, 0.6) is 0 Å². The first-order valence-electron chi connectivity index (χ1n) is 9.17. The Labute approximate surface area is 171 Å². The Morgan fingerprint density at radius 2 is 1.74 bits per heavy atom. The monoisotopic (exact) mass is 392 g/mol. The van der Waals surface area contributed by atoms with Gasteiger partial charge in [-0.2, -0.15) is 0 Å². The van der Waals surface area contributed by atoms with E-state index in [4.69, 9.17) is 0 Å². The molecule has 2 aromatic rings. The normalized spacial score (nSPS) is 12.4. The van der Waals surface area contributed by atoms with Crippen molar-refractivity contribution in [1.82, 2.24) is 0 Å². The highest BCUT2D eigenvalue weighted by atomic mass is 32.2. The van der Waals surface area contributed by atoms with E-state index in [2.05, 4.69) is 98.6 Å². The minimum Gasteiger partial charge on any atom is -0.105 e. The Balaban J connectivity index is 2.20. The summed E-state index contributed by atoms with van der Waals surface area (Å²) in [6.45, 7) is 16.8. The summed E-state index contributed by atoms with van der Waals surface area (Å²) in [4.78, 5) is 2.29. The van der Waals surface area contributed by atoms with Gasteiger partial charge in [0.05, 0.1) is 0 Å². The number of hydrogen-bond acceptors (Lipinski definition) is 1. The van der Waals surface area contributed by atoms with Crippen molar-refractivity contribution in [2.45, 2.75) is 38.5 Å². The Morgan fingerprint density at radius 3 is 2.30 bits per heavy atom. The molecule has 0 saturated heterocycles. The second-order valence-corrected chi connectivity index (χ2v) is 8.74. The topological polar surface area (TPSA) is 0 Å². The third-order valence-electron chi connectivity index (χ3n) is 4.65. The average Bonchev–Trinajstić information content (AvgIpc) is 2.65. The highest BCUT2D eigenvalue weighted by Crippen LogP contribution is 2.34. The third kappa shape index (κ3) is 5.83. The summed E-state index contributed by atoms with van der Waals surface area (Å²) in [5, 5.41) is 1.17. The van der Waals surface area contributed by atoms with Crippen molar-refractivity contribution in [3.63, 3.8) is 0 Å². The van der Waals surface area contributed by atoms with Crippen LogP contribution in [0.2, 0.25) is 0 Å². The maximum absolute atomic E-state index is 4.30. The van der Waals surface area contributed by atoms with Crippen molar-refractivity contribution >= 4 is 36.8 Å². The highest BCUT2D eigenvalue weighted by molar-refractivity contribution is 8.08. The SMILES string of the molecule is C=C/C=C\C(C)=C(/C)c1ccc(C(=C)Sc2ccc(C(C)C)cc2)c(P)c1. The molecule has 1 unspecified atom stereocenters. The second-order valence-electron chi connectivity index (χ2n) is 6.95. The minimum absolute atomic E-state index is 0.555. The van der Waals surface area contributed by atoms with E-state index in [1.54, 1.807) is 17.8 Å². The summed E-state index contributed by atoms with van der Waals surface area (Å²) in [5.74, 6) is 0.555. The van der Waals surface area contributed by atoms with Crippen molar-refractivity contribution in [2.24, 2.45) is 0 Å². The number of allylic oxidation sites excluding steroid dienone is 5. The van der Waals surface area contributed by atoms with Gasteiger partial charge in [-0.25, -0.2) is 0 Å². The maximum Gasteiger partial charge on any atom is 0.0129 e. The van der Waals surface area contributed by atoms with Gasteiger partial charge in [0.25, 0.3) is 0 Å². The molecule has 1 atom stereocenters. The molecule has 2 heteroatoms. The molecule has 2 aromatic carbocycles. The molecule has 0 N–H and O–H groups in total. The fourth-order valence-electron chi connectivity index (χ4n) is 2.73. The molecule has 0 spiro atoms. The van der Waals surface area contributed by atoms with Crippen LogP contribution in [-0.2, 0) is 0 Å². The standard InChI is InChI=1S/C25H29PS/c1-7-8-9-18(4)19(5)22-12-15-24(25(26)16-22)20(6)27-23-13-10-21(11-14-23)17(2)3/h7-17H,1,6,26H2,2-5H3/b9-8-,19-18+. The molecule has 0 aliphatic carbocycles.